The van der Waals surface area contributed by atoms with Crippen LogP contribution in [0.2, 0.25) is 0 Å². The first-order chi connectivity index (χ1) is 13.3. The third kappa shape index (κ3) is 4.54. The lowest BCUT2D eigenvalue weighted by Gasteiger charge is -2.16. The predicted molar refractivity (Wildman–Crippen MR) is 110 cm³/mol. The number of hydrogen-bond acceptors (Lipinski definition) is 5. The number of hydrogen-bond donors (Lipinski definition) is 2. The molecule has 2 N–H and O–H groups in total. The van der Waals surface area contributed by atoms with E-state index in [1.165, 1.54) is 6.92 Å². The van der Waals surface area contributed by atoms with Crippen molar-refractivity contribution in [3.63, 3.8) is 0 Å². The molecule has 1 atom stereocenters. The van der Waals surface area contributed by atoms with Crippen molar-refractivity contribution in [3.8, 4) is 0 Å². The number of carbonyl (C=O) groups excluding carboxylic acids is 3. The van der Waals surface area contributed by atoms with Gasteiger partial charge in [0.2, 0.25) is 5.91 Å². The van der Waals surface area contributed by atoms with Gasteiger partial charge in [0.05, 0.1) is 11.3 Å². The number of anilines is 2. The van der Waals surface area contributed by atoms with Crippen molar-refractivity contribution in [3.05, 3.63) is 53.1 Å². The van der Waals surface area contributed by atoms with Gasteiger partial charge in [0.1, 0.15) is 0 Å². The number of fused-ring (bicyclic) bond motifs is 1. The Bertz CT molecular complexity index is 922. The summed E-state index contributed by atoms with van der Waals surface area (Å²) in [5.41, 5.74) is 3.47. The molecule has 1 aliphatic heterocycles. The summed E-state index contributed by atoms with van der Waals surface area (Å²) in [6.07, 6.45) is -0.538. The van der Waals surface area contributed by atoms with Gasteiger partial charge in [-0.1, -0.05) is 18.2 Å². The zero-order valence-corrected chi connectivity index (χ0v) is 16.8. The van der Waals surface area contributed by atoms with E-state index in [0.29, 0.717) is 17.9 Å². The van der Waals surface area contributed by atoms with E-state index in [9.17, 15) is 14.4 Å². The molecule has 0 bridgehead atoms. The molecule has 6 nitrogen and oxygen atoms in total. The average molecular weight is 398 g/mol. The smallest absolute Gasteiger partial charge is 0.338 e. The molecule has 0 saturated heterocycles. The van der Waals surface area contributed by atoms with Crippen LogP contribution >= 0.6 is 11.8 Å². The van der Waals surface area contributed by atoms with Crippen LogP contribution in [0, 0.1) is 13.8 Å². The van der Waals surface area contributed by atoms with E-state index in [2.05, 4.69) is 10.6 Å². The first-order valence-corrected chi connectivity index (χ1v) is 9.98. The van der Waals surface area contributed by atoms with Gasteiger partial charge in [-0.25, -0.2) is 4.79 Å². The standard InChI is InChI=1S/C21H22N2O4S/c1-12-5-4-6-13(2)19(12)23-20(25)14(3)27-21(26)15-7-8-17-16(11-15)22-18(24)9-10-28-17/h4-8,11,14H,9-10H2,1-3H3,(H,22,24)(H,23,25)/t14-/m1/s1. The summed E-state index contributed by atoms with van der Waals surface area (Å²) in [6, 6.07) is 10.7. The Balaban J connectivity index is 1.69. The average Bonchev–Trinajstić information content (AvgIpc) is 2.84. The normalized spacial score (nSPS) is 14.3. The minimum atomic E-state index is -0.964. The number of amides is 2. The number of aryl methyl sites for hydroxylation is 2. The first kappa shape index (κ1) is 19.9. The number of benzene rings is 2. The summed E-state index contributed by atoms with van der Waals surface area (Å²) in [5, 5.41) is 5.61. The molecule has 0 aromatic heterocycles. The molecule has 0 saturated carbocycles. The van der Waals surface area contributed by atoms with Crippen LogP contribution in [-0.2, 0) is 14.3 Å². The number of rotatable bonds is 4. The van der Waals surface area contributed by atoms with E-state index in [1.807, 2.05) is 32.0 Å². The van der Waals surface area contributed by atoms with Crippen LogP contribution in [0.4, 0.5) is 11.4 Å². The van der Waals surface area contributed by atoms with Crippen LogP contribution < -0.4 is 10.6 Å². The van der Waals surface area contributed by atoms with Crippen molar-refractivity contribution >= 4 is 40.9 Å². The molecule has 0 spiro atoms. The van der Waals surface area contributed by atoms with Crippen molar-refractivity contribution in [1.82, 2.24) is 0 Å². The SMILES string of the molecule is Cc1cccc(C)c1NC(=O)[C@@H](C)OC(=O)c1ccc2c(c1)NC(=O)CCS2. The summed E-state index contributed by atoms with van der Waals surface area (Å²) < 4.78 is 5.33. The second-order valence-electron chi connectivity index (χ2n) is 6.66. The van der Waals surface area contributed by atoms with Gasteiger partial charge in [0, 0.05) is 22.8 Å². The summed E-state index contributed by atoms with van der Waals surface area (Å²) in [6.45, 7) is 5.34. The van der Waals surface area contributed by atoms with Gasteiger partial charge in [0.25, 0.3) is 5.91 Å². The number of nitrogens with one attached hydrogen (secondary N) is 2. The van der Waals surface area contributed by atoms with Crippen LogP contribution in [0.15, 0.2) is 41.3 Å². The fourth-order valence-electron chi connectivity index (χ4n) is 2.87. The largest absolute Gasteiger partial charge is 0.449 e. The van der Waals surface area contributed by atoms with Gasteiger partial charge < -0.3 is 15.4 Å². The van der Waals surface area contributed by atoms with Gasteiger partial charge in [-0.15, -0.1) is 11.8 Å². The molecule has 28 heavy (non-hydrogen) atoms. The quantitative estimate of drug-likeness (QED) is 0.763. The molecule has 0 unspecified atom stereocenters. The number of thioether (sulfide) groups is 1. The van der Waals surface area contributed by atoms with Gasteiger partial charge in [-0.2, -0.15) is 0 Å². The van der Waals surface area contributed by atoms with Crippen molar-refractivity contribution in [2.45, 2.75) is 38.2 Å². The fraction of sp³-hybridized carbons (Fsp3) is 0.286. The lowest BCUT2D eigenvalue weighted by Crippen LogP contribution is -2.30. The number of esters is 1. The third-order valence-electron chi connectivity index (χ3n) is 4.46. The van der Waals surface area contributed by atoms with Crippen molar-refractivity contribution in [2.24, 2.45) is 0 Å². The zero-order chi connectivity index (χ0) is 20.3. The van der Waals surface area contributed by atoms with Gasteiger partial charge in [-0.05, 0) is 50.1 Å². The lowest BCUT2D eigenvalue weighted by molar-refractivity contribution is -0.123. The highest BCUT2D eigenvalue weighted by Crippen LogP contribution is 2.31. The van der Waals surface area contributed by atoms with Gasteiger partial charge in [0.15, 0.2) is 6.10 Å². The maximum Gasteiger partial charge on any atom is 0.338 e. The maximum absolute atomic E-state index is 12.5. The van der Waals surface area contributed by atoms with E-state index in [-0.39, 0.29) is 11.5 Å². The number of carbonyl (C=O) groups is 3. The van der Waals surface area contributed by atoms with E-state index in [4.69, 9.17) is 4.74 Å². The minimum absolute atomic E-state index is 0.0851. The van der Waals surface area contributed by atoms with Gasteiger partial charge >= 0.3 is 5.97 Å². The fourth-order valence-corrected chi connectivity index (χ4v) is 3.80. The highest BCUT2D eigenvalue weighted by atomic mass is 32.2. The molecule has 0 radical (unpaired) electrons. The molecule has 2 aromatic carbocycles. The van der Waals surface area contributed by atoms with Crippen molar-refractivity contribution in [2.75, 3.05) is 16.4 Å². The minimum Gasteiger partial charge on any atom is -0.449 e. The van der Waals surface area contributed by atoms with E-state index in [1.54, 1.807) is 30.0 Å². The molecule has 3 rings (SSSR count). The summed E-state index contributed by atoms with van der Waals surface area (Å²) >= 11 is 1.56. The highest BCUT2D eigenvalue weighted by molar-refractivity contribution is 7.99. The predicted octanol–water partition coefficient (Wildman–Crippen LogP) is 3.92. The van der Waals surface area contributed by atoms with Crippen LogP contribution in [-0.4, -0.2) is 29.6 Å². The summed E-state index contributed by atoms with van der Waals surface area (Å²) in [4.78, 5) is 37.6. The number of para-hydroxylation sites is 1. The second kappa shape index (κ2) is 8.48. The first-order valence-electron chi connectivity index (χ1n) is 9.00. The second-order valence-corrected chi connectivity index (χ2v) is 7.80. The molecule has 146 valence electrons. The highest BCUT2D eigenvalue weighted by Gasteiger charge is 2.22. The van der Waals surface area contributed by atoms with Crippen molar-refractivity contribution < 1.29 is 19.1 Å². The molecule has 2 aromatic rings. The molecule has 1 aliphatic rings. The van der Waals surface area contributed by atoms with E-state index < -0.39 is 18.0 Å². The van der Waals surface area contributed by atoms with Crippen LogP contribution in [0.5, 0.6) is 0 Å². The molecule has 0 aliphatic carbocycles. The Morgan fingerprint density at radius 2 is 1.89 bits per heavy atom. The number of ether oxygens (including phenoxy) is 1. The third-order valence-corrected chi connectivity index (χ3v) is 5.53. The van der Waals surface area contributed by atoms with E-state index >= 15 is 0 Å². The lowest BCUT2D eigenvalue weighted by atomic mass is 10.1. The Hall–Kier alpha value is -2.80. The van der Waals surface area contributed by atoms with Crippen LogP contribution in [0.1, 0.15) is 34.8 Å². The van der Waals surface area contributed by atoms with Crippen LogP contribution in [0.3, 0.4) is 0 Å². The molecule has 2 amide bonds. The Morgan fingerprint density at radius 3 is 2.61 bits per heavy atom. The van der Waals surface area contributed by atoms with Crippen molar-refractivity contribution in [1.29, 1.82) is 0 Å². The molecular formula is C21H22N2O4S. The summed E-state index contributed by atoms with van der Waals surface area (Å²) in [5.74, 6) is -0.407. The zero-order valence-electron chi connectivity index (χ0n) is 16.0. The molecular weight excluding hydrogens is 376 g/mol. The van der Waals surface area contributed by atoms with E-state index in [0.717, 1.165) is 21.7 Å². The maximum atomic E-state index is 12.5. The van der Waals surface area contributed by atoms with Gasteiger partial charge in [-0.3, -0.25) is 9.59 Å². The molecule has 7 heteroatoms. The van der Waals surface area contributed by atoms with Crippen LogP contribution in [0.25, 0.3) is 0 Å². The Morgan fingerprint density at radius 1 is 1.18 bits per heavy atom. The molecule has 0 fully saturated rings. The molecule has 1 heterocycles. The topological polar surface area (TPSA) is 84.5 Å². The Labute approximate surface area is 168 Å². The Kier molecular flexibility index (Phi) is 6.04. The monoisotopic (exact) mass is 398 g/mol. The summed E-state index contributed by atoms with van der Waals surface area (Å²) in [7, 11) is 0.